The lowest BCUT2D eigenvalue weighted by atomic mass is 10.2. The molecule has 1 unspecified atom stereocenters. The molecule has 0 aliphatic rings. The van der Waals surface area contributed by atoms with Gasteiger partial charge in [0, 0.05) is 12.6 Å². The summed E-state index contributed by atoms with van der Waals surface area (Å²) in [6.07, 6.45) is 3.36. The highest BCUT2D eigenvalue weighted by Gasteiger charge is 1.99. The van der Waals surface area contributed by atoms with E-state index in [4.69, 9.17) is 4.74 Å². The van der Waals surface area contributed by atoms with Crippen LogP contribution in [-0.2, 0) is 0 Å². The molecule has 0 saturated carbocycles. The second-order valence-corrected chi connectivity index (χ2v) is 4.78. The molecule has 0 saturated heterocycles. The van der Waals surface area contributed by atoms with Crippen molar-refractivity contribution in [1.82, 2.24) is 5.32 Å². The van der Waals surface area contributed by atoms with Gasteiger partial charge < -0.3 is 10.1 Å². The van der Waals surface area contributed by atoms with Crippen LogP contribution in [0.5, 0.6) is 5.75 Å². The van der Waals surface area contributed by atoms with Crippen LogP contribution in [0, 0.1) is 0 Å². The number of hydrogen-bond acceptors (Lipinski definition) is 3. The van der Waals surface area contributed by atoms with Crippen LogP contribution < -0.4 is 10.1 Å². The Morgan fingerprint density at radius 2 is 2.06 bits per heavy atom. The maximum Gasteiger partial charge on any atom is 0.119 e. The second kappa shape index (κ2) is 8.48. The smallest absolute Gasteiger partial charge is 0.119 e. The molecule has 0 aliphatic heterocycles. The van der Waals surface area contributed by atoms with E-state index >= 15 is 0 Å². The SMILES string of the molecule is CSCCC(C)NCCOc1ccccc1. The van der Waals surface area contributed by atoms with E-state index in [1.807, 2.05) is 42.1 Å². The molecule has 2 nitrogen and oxygen atoms in total. The summed E-state index contributed by atoms with van der Waals surface area (Å²) in [5.74, 6) is 2.16. The minimum Gasteiger partial charge on any atom is -0.492 e. The Morgan fingerprint density at radius 3 is 2.75 bits per heavy atom. The van der Waals surface area contributed by atoms with Crippen LogP contribution in [-0.4, -0.2) is 31.2 Å². The minimum absolute atomic E-state index is 0.576. The highest BCUT2D eigenvalue weighted by atomic mass is 32.2. The number of hydrogen-bond donors (Lipinski definition) is 1. The van der Waals surface area contributed by atoms with Crippen molar-refractivity contribution in [2.45, 2.75) is 19.4 Å². The monoisotopic (exact) mass is 239 g/mol. The van der Waals surface area contributed by atoms with Crippen molar-refractivity contribution in [1.29, 1.82) is 0 Å². The normalized spacial score (nSPS) is 12.4. The number of benzene rings is 1. The topological polar surface area (TPSA) is 21.3 Å². The van der Waals surface area contributed by atoms with E-state index in [2.05, 4.69) is 18.5 Å². The summed E-state index contributed by atoms with van der Waals surface area (Å²) in [6, 6.07) is 10.5. The first-order valence-electron chi connectivity index (χ1n) is 5.73. The van der Waals surface area contributed by atoms with Gasteiger partial charge in [-0.3, -0.25) is 0 Å². The first-order valence-corrected chi connectivity index (χ1v) is 7.12. The zero-order valence-electron chi connectivity index (χ0n) is 10.1. The largest absolute Gasteiger partial charge is 0.492 e. The first kappa shape index (κ1) is 13.4. The highest BCUT2D eigenvalue weighted by molar-refractivity contribution is 7.98. The molecule has 0 radical (unpaired) electrons. The molecule has 16 heavy (non-hydrogen) atoms. The fraction of sp³-hybridized carbons (Fsp3) is 0.538. The molecule has 1 aromatic rings. The molecule has 1 aromatic carbocycles. The Kier molecular flexibility index (Phi) is 7.10. The second-order valence-electron chi connectivity index (χ2n) is 3.80. The molecule has 0 bridgehead atoms. The molecule has 0 amide bonds. The van der Waals surface area contributed by atoms with Crippen molar-refractivity contribution in [3.63, 3.8) is 0 Å². The Hall–Kier alpha value is -0.670. The van der Waals surface area contributed by atoms with Crippen LogP contribution in [0.2, 0.25) is 0 Å². The molecule has 1 N–H and O–H groups in total. The molecule has 3 heteroatoms. The van der Waals surface area contributed by atoms with Crippen LogP contribution in [0.3, 0.4) is 0 Å². The third kappa shape index (κ3) is 6.03. The Labute approximate surface area is 103 Å². The van der Waals surface area contributed by atoms with Crippen LogP contribution in [0.15, 0.2) is 30.3 Å². The summed E-state index contributed by atoms with van der Waals surface area (Å²) < 4.78 is 5.59. The lowest BCUT2D eigenvalue weighted by Gasteiger charge is -2.13. The summed E-state index contributed by atoms with van der Waals surface area (Å²) in [5, 5.41) is 3.45. The van der Waals surface area contributed by atoms with Gasteiger partial charge >= 0.3 is 0 Å². The zero-order valence-corrected chi connectivity index (χ0v) is 10.9. The Balaban J connectivity index is 2.03. The van der Waals surface area contributed by atoms with Gasteiger partial charge in [-0.25, -0.2) is 0 Å². The lowest BCUT2D eigenvalue weighted by molar-refractivity contribution is 0.306. The van der Waals surface area contributed by atoms with E-state index in [1.54, 1.807) is 0 Å². The Bertz CT molecular complexity index is 266. The molecule has 90 valence electrons. The van der Waals surface area contributed by atoms with E-state index < -0.39 is 0 Å². The fourth-order valence-electron chi connectivity index (χ4n) is 1.39. The van der Waals surface area contributed by atoms with Crippen molar-refractivity contribution in [3.8, 4) is 5.75 Å². The molecular weight excluding hydrogens is 218 g/mol. The zero-order chi connectivity index (χ0) is 11.6. The highest BCUT2D eigenvalue weighted by Crippen LogP contribution is 2.07. The van der Waals surface area contributed by atoms with Gasteiger partial charge in [0.15, 0.2) is 0 Å². The van der Waals surface area contributed by atoms with Crippen LogP contribution in [0.4, 0.5) is 0 Å². The molecule has 0 aromatic heterocycles. The number of para-hydroxylation sites is 1. The van der Waals surface area contributed by atoms with Gasteiger partial charge in [0.05, 0.1) is 0 Å². The van der Waals surface area contributed by atoms with E-state index in [1.165, 1.54) is 12.2 Å². The summed E-state index contributed by atoms with van der Waals surface area (Å²) in [6.45, 7) is 3.86. The first-order chi connectivity index (χ1) is 7.83. The van der Waals surface area contributed by atoms with Gasteiger partial charge in [-0.15, -0.1) is 0 Å². The third-order valence-electron chi connectivity index (χ3n) is 2.36. The average molecular weight is 239 g/mol. The maximum atomic E-state index is 5.59. The predicted octanol–water partition coefficient (Wildman–Crippen LogP) is 2.80. The number of thioether (sulfide) groups is 1. The van der Waals surface area contributed by atoms with E-state index in [9.17, 15) is 0 Å². The molecule has 0 fully saturated rings. The third-order valence-corrected chi connectivity index (χ3v) is 3.01. The van der Waals surface area contributed by atoms with E-state index in [-0.39, 0.29) is 0 Å². The van der Waals surface area contributed by atoms with Crippen molar-refractivity contribution in [2.24, 2.45) is 0 Å². The molecular formula is C13H21NOS. The van der Waals surface area contributed by atoms with Crippen molar-refractivity contribution < 1.29 is 4.74 Å². The van der Waals surface area contributed by atoms with Crippen LogP contribution in [0.25, 0.3) is 0 Å². The van der Waals surface area contributed by atoms with Crippen LogP contribution >= 0.6 is 11.8 Å². The average Bonchev–Trinajstić information content (AvgIpc) is 2.33. The number of ether oxygens (including phenoxy) is 1. The van der Waals surface area contributed by atoms with Gasteiger partial charge in [0.25, 0.3) is 0 Å². The molecule has 0 spiro atoms. The summed E-state index contributed by atoms with van der Waals surface area (Å²) in [5.41, 5.74) is 0. The standard InChI is InChI=1S/C13H21NOS/c1-12(8-11-16-2)14-9-10-15-13-6-4-3-5-7-13/h3-7,12,14H,8-11H2,1-2H3. The lowest BCUT2D eigenvalue weighted by Crippen LogP contribution is -2.30. The predicted molar refractivity (Wildman–Crippen MR) is 72.4 cm³/mol. The van der Waals surface area contributed by atoms with Gasteiger partial charge in [0.1, 0.15) is 12.4 Å². The van der Waals surface area contributed by atoms with Gasteiger partial charge in [-0.2, -0.15) is 11.8 Å². The van der Waals surface area contributed by atoms with E-state index in [0.717, 1.165) is 18.9 Å². The van der Waals surface area contributed by atoms with E-state index in [0.29, 0.717) is 6.04 Å². The molecule has 0 aliphatic carbocycles. The number of rotatable bonds is 8. The quantitative estimate of drug-likeness (QED) is 0.705. The molecule has 1 rings (SSSR count). The molecule has 0 heterocycles. The maximum absolute atomic E-state index is 5.59. The summed E-state index contributed by atoms with van der Waals surface area (Å²) >= 11 is 1.89. The molecule has 1 atom stereocenters. The van der Waals surface area contributed by atoms with Gasteiger partial charge in [-0.1, -0.05) is 18.2 Å². The van der Waals surface area contributed by atoms with Gasteiger partial charge in [0.2, 0.25) is 0 Å². The van der Waals surface area contributed by atoms with Gasteiger partial charge in [-0.05, 0) is 37.5 Å². The summed E-state index contributed by atoms with van der Waals surface area (Å²) in [4.78, 5) is 0. The van der Waals surface area contributed by atoms with Crippen molar-refractivity contribution in [3.05, 3.63) is 30.3 Å². The van der Waals surface area contributed by atoms with Crippen molar-refractivity contribution in [2.75, 3.05) is 25.2 Å². The minimum atomic E-state index is 0.576. The Morgan fingerprint density at radius 1 is 1.31 bits per heavy atom. The van der Waals surface area contributed by atoms with Crippen LogP contribution in [0.1, 0.15) is 13.3 Å². The van der Waals surface area contributed by atoms with Crippen molar-refractivity contribution >= 4 is 11.8 Å². The number of nitrogens with one attached hydrogen (secondary N) is 1. The summed E-state index contributed by atoms with van der Waals surface area (Å²) in [7, 11) is 0. The fourth-order valence-corrected chi connectivity index (χ4v) is 1.98.